The molecule has 4 aromatic carbocycles. The van der Waals surface area contributed by atoms with Gasteiger partial charge in [-0.1, -0.05) is 41.9 Å². The smallest absolute Gasteiger partial charge is 0.271 e. The van der Waals surface area contributed by atoms with E-state index in [0.29, 0.717) is 46.5 Å². The molecule has 0 heterocycles. The molecule has 0 bridgehead atoms. The van der Waals surface area contributed by atoms with Crippen molar-refractivity contribution in [1.29, 1.82) is 0 Å². The standard InChI is InChI=1S/C29H26ClN3O5S/c1-2-37-28-18-22(10-17-27(28)38-20-21-8-13-24(30)14-9-21)19-31-32-29(34)23-11-15-25(16-12-23)33-39(35,36)26-6-4-3-5-7-26/h3-19,33H,2,20H2,1H3,(H,32,34)/b31-19-. The van der Waals surface area contributed by atoms with Crippen molar-refractivity contribution in [3.05, 3.63) is 119 Å². The van der Waals surface area contributed by atoms with E-state index in [9.17, 15) is 13.2 Å². The Bertz CT molecular complexity index is 1540. The molecule has 4 aromatic rings. The van der Waals surface area contributed by atoms with E-state index >= 15 is 0 Å². The summed E-state index contributed by atoms with van der Waals surface area (Å²) in [6.07, 6.45) is 1.49. The fraction of sp³-hybridized carbons (Fsp3) is 0.103. The van der Waals surface area contributed by atoms with Crippen molar-refractivity contribution in [2.75, 3.05) is 11.3 Å². The predicted octanol–water partition coefficient (Wildman–Crippen LogP) is 5.88. The number of hydrogen-bond acceptors (Lipinski definition) is 6. The molecule has 8 nitrogen and oxygen atoms in total. The van der Waals surface area contributed by atoms with Crippen molar-refractivity contribution in [3.63, 3.8) is 0 Å². The highest BCUT2D eigenvalue weighted by atomic mass is 35.5. The third-order valence-electron chi connectivity index (χ3n) is 5.41. The number of nitrogens with one attached hydrogen (secondary N) is 2. The van der Waals surface area contributed by atoms with Crippen LogP contribution in [0.3, 0.4) is 0 Å². The molecule has 0 unspecified atom stereocenters. The largest absolute Gasteiger partial charge is 0.490 e. The first-order valence-electron chi connectivity index (χ1n) is 12.0. The number of ether oxygens (including phenoxy) is 2. The minimum Gasteiger partial charge on any atom is -0.490 e. The lowest BCUT2D eigenvalue weighted by molar-refractivity contribution is 0.0955. The highest BCUT2D eigenvalue weighted by Gasteiger charge is 2.14. The van der Waals surface area contributed by atoms with Gasteiger partial charge in [0.25, 0.3) is 15.9 Å². The lowest BCUT2D eigenvalue weighted by Gasteiger charge is -2.12. The number of hydrogen-bond donors (Lipinski definition) is 2. The number of rotatable bonds is 11. The molecule has 0 aliphatic heterocycles. The minimum absolute atomic E-state index is 0.148. The van der Waals surface area contributed by atoms with Gasteiger partial charge in [-0.2, -0.15) is 5.10 Å². The summed E-state index contributed by atoms with van der Waals surface area (Å²) in [6, 6.07) is 26.8. The maximum atomic E-state index is 12.5. The number of sulfonamides is 1. The van der Waals surface area contributed by atoms with Crippen LogP contribution in [0.1, 0.15) is 28.4 Å². The molecule has 4 rings (SSSR count). The molecule has 0 radical (unpaired) electrons. The second-order valence-corrected chi connectivity index (χ2v) is 10.4. The summed E-state index contributed by atoms with van der Waals surface area (Å²) in [5.41, 5.74) is 4.78. The number of nitrogens with zero attached hydrogens (tertiary/aromatic N) is 1. The molecular weight excluding hydrogens is 538 g/mol. The van der Waals surface area contributed by atoms with E-state index in [2.05, 4.69) is 15.2 Å². The molecule has 0 aliphatic carbocycles. The summed E-state index contributed by atoms with van der Waals surface area (Å²) in [7, 11) is -3.72. The number of hydrazone groups is 1. The first-order chi connectivity index (χ1) is 18.8. The Morgan fingerprint density at radius 2 is 1.62 bits per heavy atom. The fourth-order valence-corrected chi connectivity index (χ4v) is 4.67. The van der Waals surface area contributed by atoms with E-state index in [1.807, 2.05) is 19.1 Å². The van der Waals surface area contributed by atoms with Crippen molar-refractivity contribution < 1.29 is 22.7 Å². The predicted molar refractivity (Wildman–Crippen MR) is 152 cm³/mol. The van der Waals surface area contributed by atoms with Gasteiger partial charge >= 0.3 is 0 Å². The minimum atomic E-state index is -3.72. The lowest BCUT2D eigenvalue weighted by atomic mass is 10.2. The van der Waals surface area contributed by atoms with Crippen molar-refractivity contribution in [3.8, 4) is 11.5 Å². The van der Waals surface area contributed by atoms with Gasteiger partial charge in [-0.25, -0.2) is 13.8 Å². The van der Waals surface area contributed by atoms with Gasteiger partial charge in [0, 0.05) is 16.3 Å². The number of carbonyl (C=O) groups excluding carboxylic acids is 1. The first-order valence-corrected chi connectivity index (χ1v) is 13.9. The van der Waals surface area contributed by atoms with Gasteiger partial charge in [-0.15, -0.1) is 0 Å². The van der Waals surface area contributed by atoms with Crippen molar-refractivity contribution in [2.45, 2.75) is 18.4 Å². The number of carbonyl (C=O) groups is 1. The Morgan fingerprint density at radius 3 is 2.31 bits per heavy atom. The van der Waals surface area contributed by atoms with E-state index in [1.54, 1.807) is 48.5 Å². The Labute approximate surface area is 232 Å². The third-order valence-corrected chi connectivity index (χ3v) is 7.06. The molecule has 0 fully saturated rings. The van der Waals surface area contributed by atoms with Gasteiger partial charge in [0.1, 0.15) is 6.61 Å². The number of anilines is 1. The van der Waals surface area contributed by atoms with E-state index in [-0.39, 0.29) is 4.90 Å². The zero-order chi connectivity index (χ0) is 27.7. The van der Waals surface area contributed by atoms with E-state index in [4.69, 9.17) is 21.1 Å². The second kappa shape index (κ2) is 12.9. The number of halogens is 1. The Balaban J connectivity index is 1.35. The topological polar surface area (TPSA) is 106 Å². The van der Waals surface area contributed by atoms with Gasteiger partial charge in [0.15, 0.2) is 11.5 Å². The van der Waals surface area contributed by atoms with Gasteiger partial charge in [0.2, 0.25) is 0 Å². The quantitative estimate of drug-likeness (QED) is 0.175. The monoisotopic (exact) mass is 563 g/mol. The molecule has 200 valence electrons. The van der Waals surface area contributed by atoms with Crippen LogP contribution >= 0.6 is 11.6 Å². The van der Waals surface area contributed by atoms with E-state index in [1.165, 1.54) is 42.6 Å². The third kappa shape index (κ3) is 7.83. The molecule has 39 heavy (non-hydrogen) atoms. The van der Waals surface area contributed by atoms with E-state index < -0.39 is 15.9 Å². The van der Waals surface area contributed by atoms with Crippen LogP contribution in [0.25, 0.3) is 0 Å². The maximum Gasteiger partial charge on any atom is 0.271 e. The Kier molecular flexibility index (Phi) is 9.19. The van der Waals surface area contributed by atoms with Crippen LogP contribution in [-0.4, -0.2) is 27.1 Å². The lowest BCUT2D eigenvalue weighted by Crippen LogP contribution is -2.18. The molecule has 0 atom stereocenters. The SMILES string of the molecule is CCOc1cc(/C=N\NC(=O)c2ccc(NS(=O)(=O)c3ccccc3)cc2)ccc1OCc1ccc(Cl)cc1. The summed E-state index contributed by atoms with van der Waals surface area (Å²) in [6.45, 7) is 2.68. The summed E-state index contributed by atoms with van der Waals surface area (Å²) in [5, 5.41) is 4.69. The fourth-order valence-electron chi connectivity index (χ4n) is 3.47. The van der Waals surface area contributed by atoms with E-state index in [0.717, 1.165) is 5.56 Å². The highest BCUT2D eigenvalue weighted by molar-refractivity contribution is 7.92. The summed E-state index contributed by atoms with van der Waals surface area (Å²) in [5.74, 6) is 0.683. The van der Waals surface area contributed by atoms with Gasteiger partial charge < -0.3 is 9.47 Å². The molecular formula is C29H26ClN3O5S. The van der Waals surface area contributed by atoms with Crippen LogP contribution in [0.5, 0.6) is 11.5 Å². The van der Waals surface area contributed by atoms with Crippen molar-refractivity contribution in [2.24, 2.45) is 5.10 Å². The molecule has 10 heteroatoms. The Morgan fingerprint density at radius 1 is 0.897 bits per heavy atom. The molecule has 0 saturated carbocycles. The van der Waals surface area contributed by atoms with Gasteiger partial charge in [-0.3, -0.25) is 9.52 Å². The molecule has 0 aromatic heterocycles. The van der Waals surface area contributed by atoms with Crippen LogP contribution in [0.15, 0.2) is 107 Å². The molecule has 2 N–H and O–H groups in total. The Hall–Kier alpha value is -4.34. The second-order valence-electron chi connectivity index (χ2n) is 8.25. The van der Waals surface area contributed by atoms with Crippen LogP contribution < -0.4 is 19.6 Å². The zero-order valence-electron chi connectivity index (χ0n) is 21.0. The normalized spacial score (nSPS) is 11.2. The van der Waals surface area contributed by atoms with Crippen LogP contribution in [0.4, 0.5) is 5.69 Å². The van der Waals surface area contributed by atoms with Crippen LogP contribution in [0, 0.1) is 0 Å². The van der Waals surface area contributed by atoms with Crippen molar-refractivity contribution >= 4 is 39.4 Å². The molecule has 0 aliphatic rings. The van der Waals surface area contributed by atoms with Crippen LogP contribution in [0.2, 0.25) is 5.02 Å². The molecule has 1 amide bonds. The molecule has 0 saturated heterocycles. The average molecular weight is 564 g/mol. The van der Waals surface area contributed by atoms with Gasteiger partial charge in [-0.05, 0) is 84.8 Å². The summed E-state index contributed by atoms with van der Waals surface area (Å²) in [4.78, 5) is 12.6. The average Bonchev–Trinajstić information content (AvgIpc) is 2.94. The number of benzene rings is 4. The first kappa shape index (κ1) is 27.7. The summed E-state index contributed by atoms with van der Waals surface area (Å²) < 4.78 is 39.0. The van der Waals surface area contributed by atoms with Crippen molar-refractivity contribution in [1.82, 2.24) is 5.43 Å². The van der Waals surface area contributed by atoms with Crippen LogP contribution in [-0.2, 0) is 16.6 Å². The summed E-state index contributed by atoms with van der Waals surface area (Å²) >= 11 is 5.93. The molecule has 0 spiro atoms. The van der Waals surface area contributed by atoms with Gasteiger partial charge in [0.05, 0.1) is 17.7 Å². The number of amides is 1. The zero-order valence-corrected chi connectivity index (χ0v) is 22.6. The maximum absolute atomic E-state index is 12.5. The highest BCUT2D eigenvalue weighted by Crippen LogP contribution is 2.29.